The first kappa shape index (κ1) is 20.6. The first-order valence-corrected chi connectivity index (χ1v) is 9.23. The molecule has 1 atom stereocenters. The smallest absolute Gasteiger partial charge is 0.341 e. The summed E-state index contributed by atoms with van der Waals surface area (Å²) >= 11 is 0. The summed E-state index contributed by atoms with van der Waals surface area (Å²) in [6.07, 6.45) is 6.80. The Hall–Kier alpha value is -2.70. The zero-order valence-corrected chi connectivity index (χ0v) is 16.5. The summed E-state index contributed by atoms with van der Waals surface area (Å²) in [5.41, 5.74) is 8.90. The summed E-state index contributed by atoms with van der Waals surface area (Å²) in [5.74, 6) is -0.245. The third-order valence-corrected chi connectivity index (χ3v) is 4.62. The van der Waals surface area contributed by atoms with Crippen LogP contribution in [0.25, 0.3) is 5.70 Å². The van der Waals surface area contributed by atoms with E-state index in [1.165, 1.54) is 0 Å². The van der Waals surface area contributed by atoms with Gasteiger partial charge in [0.1, 0.15) is 6.04 Å². The van der Waals surface area contributed by atoms with Crippen molar-refractivity contribution in [3.8, 4) is 0 Å². The monoisotopic (exact) mass is 371 g/mol. The molecule has 3 amide bonds. The van der Waals surface area contributed by atoms with Gasteiger partial charge in [-0.3, -0.25) is 9.78 Å². The van der Waals surface area contributed by atoms with Crippen LogP contribution < -0.4 is 16.4 Å². The van der Waals surface area contributed by atoms with Crippen LogP contribution in [0.2, 0.25) is 0 Å². The van der Waals surface area contributed by atoms with Gasteiger partial charge in [0.25, 0.3) is 0 Å². The number of carbonyl (C=O) groups is 2. The lowest BCUT2D eigenvalue weighted by molar-refractivity contribution is -0.124. The van der Waals surface area contributed by atoms with Gasteiger partial charge in [-0.1, -0.05) is 20.8 Å². The second-order valence-electron chi connectivity index (χ2n) is 7.76. The molecule has 0 radical (unpaired) electrons. The van der Waals surface area contributed by atoms with Gasteiger partial charge in [0.15, 0.2) is 0 Å². The Bertz CT molecular complexity index is 747. The van der Waals surface area contributed by atoms with Gasteiger partial charge in [-0.25, -0.2) is 4.79 Å². The van der Waals surface area contributed by atoms with E-state index in [1.807, 2.05) is 32.9 Å². The van der Waals surface area contributed by atoms with E-state index in [9.17, 15) is 9.59 Å². The first-order chi connectivity index (χ1) is 12.7. The molecular weight excluding hydrogens is 342 g/mol. The summed E-state index contributed by atoms with van der Waals surface area (Å²) in [4.78, 5) is 33.0. The number of hydrogen-bond acceptors (Lipinski definition) is 4. The number of nitrogens with zero attached hydrogens (tertiary/aromatic N) is 2. The number of likely N-dealkylation sites (N-methyl/N-ethyl adjacent to an activating group) is 1. The highest BCUT2D eigenvalue weighted by Crippen LogP contribution is 2.26. The van der Waals surface area contributed by atoms with Crippen LogP contribution in [0.4, 0.5) is 4.79 Å². The van der Waals surface area contributed by atoms with Crippen molar-refractivity contribution in [2.75, 3.05) is 7.05 Å². The molecule has 1 heterocycles. The molecular formula is C20H29N5O2. The normalized spacial score (nSPS) is 19.3. The predicted octanol–water partition coefficient (Wildman–Crippen LogP) is 2.64. The van der Waals surface area contributed by atoms with E-state index in [1.54, 1.807) is 19.4 Å². The molecule has 1 aromatic heterocycles. The number of nitrogens with two attached hydrogens (primary N) is 1. The molecule has 1 fully saturated rings. The number of hydrogen-bond donors (Lipinski definition) is 3. The molecule has 1 aliphatic carbocycles. The van der Waals surface area contributed by atoms with Crippen LogP contribution in [0.1, 0.15) is 52.0 Å². The average molecular weight is 371 g/mol. The minimum absolute atomic E-state index is 0.245. The molecule has 146 valence electrons. The lowest BCUT2D eigenvalue weighted by atomic mass is 9.86. The summed E-state index contributed by atoms with van der Waals surface area (Å²) in [7, 11) is 1.55. The molecule has 0 saturated heterocycles. The number of rotatable bonds is 3. The molecule has 1 unspecified atom stereocenters. The van der Waals surface area contributed by atoms with Crippen molar-refractivity contribution in [2.24, 2.45) is 16.1 Å². The molecule has 1 aromatic rings. The van der Waals surface area contributed by atoms with Gasteiger partial charge in [0, 0.05) is 30.7 Å². The van der Waals surface area contributed by atoms with Crippen molar-refractivity contribution >= 4 is 23.3 Å². The van der Waals surface area contributed by atoms with E-state index in [2.05, 4.69) is 20.6 Å². The molecule has 0 bridgehead atoms. The molecule has 0 spiro atoms. The number of amides is 3. The van der Waals surface area contributed by atoms with E-state index < -0.39 is 17.5 Å². The molecule has 4 N–H and O–H groups in total. The highest BCUT2D eigenvalue weighted by molar-refractivity contribution is 6.10. The van der Waals surface area contributed by atoms with E-state index >= 15 is 0 Å². The molecule has 0 aromatic carbocycles. The van der Waals surface area contributed by atoms with Gasteiger partial charge < -0.3 is 16.4 Å². The molecule has 1 saturated carbocycles. The standard InChI is InChI=1S/C20H29N5O2/c1-20(2,3)17(18(26)22-4)25-19(27)24-15-10-6-5-9-14(15)16(21)13-8-7-11-23-12-13/h7-8,11-12,17H,5-6,9-10,21H2,1-4H3,(H,22,26)(H,25,27). The predicted molar refractivity (Wildman–Crippen MR) is 107 cm³/mol. The van der Waals surface area contributed by atoms with E-state index in [4.69, 9.17) is 5.73 Å². The number of aliphatic imine (C=N–C) groups is 1. The fourth-order valence-corrected chi connectivity index (χ4v) is 3.10. The van der Waals surface area contributed by atoms with Crippen LogP contribution in [0.5, 0.6) is 0 Å². The average Bonchev–Trinajstić information content (AvgIpc) is 2.65. The summed E-state index contributed by atoms with van der Waals surface area (Å²) in [6.45, 7) is 5.69. The number of carbonyl (C=O) groups excluding carboxylic acids is 2. The maximum Gasteiger partial charge on any atom is 0.341 e. The summed E-state index contributed by atoms with van der Waals surface area (Å²) in [6, 6.07) is 2.52. The quantitative estimate of drug-likeness (QED) is 0.758. The van der Waals surface area contributed by atoms with Gasteiger partial charge in [0.05, 0.1) is 5.71 Å². The van der Waals surface area contributed by atoms with Crippen molar-refractivity contribution in [3.05, 3.63) is 35.7 Å². The second-order valence-corrected chi connectivity index (χ2v) is 7.76. The topological polar surface area (TPSA) is 109 Å². The minimum atomic E-state index is -0.675. The lowest BCUT2D eigenvalue weighted by Crippen LogP contribution is -2.52. The van der Waals surface area contributed by atoms with Crippen LogP contribution in [-0.2, 0) is 4.79 Å². The molecule has 7 nitrogen and oxygen atoms in total. The lowest BCUT2D eigenvalue weighted by Gasteiger charge is -2.29. The number of nitrogens with one attached hydrogen (secondary N) is 2. The molecule has 2 rings (SSSR count). The van der Waals surface area contributed by atoms with E-state index in [0.717, 1.165) is 30.4 Å². The summed E-state index contributed by atoms with van der Waals surface area (Å²) in [5, 5.41) is 5.33. The van der Waals surface area contributed by atoms with Gasteiger partial charge in [-0.05, 0) is 48.8 Å². The Morgan fingerprint density at radius 2 is 1.96 bits per heavy atom. The molecule has 27 heavy (non-hydrogen) atoms. The zero-order chi connectivity index (χ0) is 20.0. The third kappa shape index (κ3) is 5.39. The van der Waals surface area contributed by atoms with Crippen LogP contribution in [0.3, 0.4) is 0 Å². The Labute approximate surface area is 160 Å². The van der Waals surface area contributed by atoms with Gasteiger partial charge in [-0.15, -0.1) is 0 Å². The van der Waals surface area contributed by atoms with Crippen molar-refractivity contribution in [3.63, 3.8) is 0 Å². The van der Waals surface area contributed by atoms with Crippen molar-refractivity contribution in [2.45, 2.75) is 52.5 Å². The van der Waals surface area contributed by atoms with Gasteiger partial charge in [-0.2, -0.15) is 4.99 Å². The van der Waals surface area contributed by atoms with Crippen molar-refractivity contribution in [1.29, 1.82) is 0 Å². The van der Waals surface area contributed by atoms with Crippen LogP contribution >= 0.6 is 0 Å². The highest BCUT2D eigenvalue weighted by atomic mass is 16.2. The fraction of sp³-hybridized carbons (Fsp3) is 0.500. The highest BCUT2D eigenvalue weighted by Gasteiger charge is 2.32. The molecule has 1 aliphatic rings. The third-order valence-electron chi connectivity index (χ3n) is 4.62. The minimum Gasteiger partial charge on any atom is -0.398 e. The van der Waals surface area contributed by atoms with Crippen LogP contribution in [0.15, 0.2) is 35.1 Å². The maximum atomic E-state index is 12.5. The number of allylic oxidation sites excluding steroid dienone is 1. The SMILES string of the molecule is CNC(=O)C(NC(=O)N=C1CCCCC1=C(N)c1cccnc1)C(C)(C)C. The van der Waals surface area contributed by atoms with Crippen molar-refractivity contribution in [1.82, 2.24) is 15.6 Å². The number of urea groups is 1. The second kappa shape index (κ2) is 8.79. The largest absolute Gasteiger partial charge is 0.398 e. The Morgan fingerprint density at radius 1 is 1.26 bits per heavy atom. The Balaban J connectivity index is 2.29. The summed E-state index contributed by atoms with van der Waals surface area (Å²) < 4.78 is 0. The van der Waals surface area contributed by atoms with Crippen molar-refractivity contribution < 1.29 is 9.59 Å². The van der Waals surface area contributed by atoms with Crippen LogP contribution in [0, 0.1) is 5.41 Å². The van der Waals surface area contributed by atoms with Crippen LogP contribution in [-0.4, -0.2) is 35.7 Å². The molecule has 0 aliphatic heterocycles. The molecule has 7 heteroatoms. The zero-order valence-electron chi connectivity index (χ0n) is 16.5. The fourth-order valence-electron chi connectivity index (χ4n) is 3.10. The Morgan fingerprint density at radius 3 is 2.56 bits per heavy atom. The van der Waals surface area contributed by atoms with Gasteiger partial charge in [0.2, 0.25) is 5.91 Å². The maximum absolute atomic E-state index is 12.5. The number of aromatic nitrogens is 1. The van der Waals surface area contributed by atoms with E-state index in [0.29, 0.717) is 17.8 Å². The number of pyridine rings is 1. The van der Waals surface area contributed by atoms with Gasteiger partial charge >= 0.3 is 6.03 Å². The Kier molecular flexibility index (Phi) is 6.71. The first-order valence-electron chi connectivity index (χ1n) is 9.23. The van der Waals surface area contributed by atoms with E-state index in [-0.39, 0.29) is 5.91 Å².